The number of methoxy groups -OCH3 is 1. The van der Waals surface area contributed by atoms with Gasteiger partial charge >= 0.3 is 5.97 Å². The highest BCUT2D eigenvalue weighted by Crippen LogP contribution is 2.20. The second kappa shape index (κ2) is 11.2. The zero-order chi connectivity index (χ0) is 22.1. The normalized spacial score (nSPS) is 10.5. The average molecular weight is 442 g/mol. The molecule has 1 aromatic heterocycles. The summed E-state index contributed by atoms with van der Waals surface area (Å²) in [6.45, 7) is 2.28. The number of hydrogen-bond donors (Lipinski definition) is 1. The van der Waals surface area contributed by atoms with Crippen LogP contribution < -0.4 is 10.1 Å². The molecule has 0 spiro atoms. The van der Waals surface area contributed by atoms with Crippen molar-refractivity contribution in [3.05, 3.63) is 65.5 Å². The summed E-state index contributed by atoms with van der Waals surface area (Å²) in [5.41, 5.74) is 1.91. The topological polar surface area (TPSA) is 104 Å². The Labute approximate surface area is 184 Å². The molecule has 1 amide bonds. The summed E-state index contributed by atoms with van der Waals surface area (Å²) in [5, 5.41) is 11.1. The third-order valence-corrected chi connectivity index (χ3v) is 4.93. The number of ether oxygens (including phenoxy) is 2. The van der Waals surface area contributed by atoms with Crippen LogP contribution in [0.25, 0.3) is 0 Å². The Morgan fingerprint density at radius 2 is 1.94 bits per heavy atom. The quantitative estimate of drug-likeness (QED) is 0.372. The van der Waals surface area contributed by atoms with Crippen molar-refractivity contribution < 1.29 is 23.5 Å². The molecular formula is C22H23N3O5S. The maximum Gasteiger partial charge on any atom is 0.338 e. The van der Waals surface area contributed by atoms with Crippen LogP contribution in [0.3, 0.4) is 0 Å². The Balaban J connectivity index is 1.49. The molecule has 0 bridgehead atoms. The van der Waals surface area contributed by atoms with E-state index in [1.807, 2.05) is 31.2 Å². The lowest BCUT2D eigenvalue weighted by atomic mass is 10.1. The second-order valence-corrected chi connectivity index (χ2v) is 7.47. The molecule has 162 valence electrons. The van der Waals surface area contributed by atoms with Crippen molar-refractivity contribution in [1.29, 1.82) is 0 Å². The predicted octanol–water partition coefficient (Wildman–Crippen LogP) is 3.97. The van der Waals surface area contributed by atoms with Gasteiger partial charge < -0.3 is 19.2 Å². The number of thioether (sulfide) groups is 1. The van der Waals surface area contributed by atoms with Crippen molar-refractivity contribution in [2.75, 3.05) is 24.8 Å². The third-order valence-electron chi connectivity index (χ3n) is 4.11. The largest absolute Gasteiger partial charge is 0.497 e. The first-order valence-electron chi connectivity index (χ1n) is 9.72. The number of nitrogens with zero attached hydrogens (tertiary/aromatic N) is 2. The minimum atomic E-state index is -0.414. The van der Waals surface area contributed by atoms with E-state index in [2.05, 4.69) is 15.5 Å². The van der Waals surface area contributed by atoms with Gasteiger partial charge in [-0.1, -0.05) is 36.9 Å². The maximum atomic E-state index is 12.2. The first-order valence-corrected chi connectivity index (χ1v) is 10.7. The van der Waals surface area contributed by atoms with Crippen molar-refractivity contribution in [2.45, 2.75) is 25.0 Å². The lowest BCUT2D eigenvalue weighted by molar-refractivity contribution is -0.113. The number of aromatic nitrogens is 2. The molecule has 1 N–H and O–H groups in total. The number of carbonyl (C=O) groups is 2. The zero-order valence-corrected chi connectivity index (χ0v) is 18.1. The fraction of sp³-hybridized carbons (Fsp3) is 0.273. The van der Waals surface area contributed by atoms with E-state index in [-0.39, 0.29) is 11.7 Å². The summed E-state index contributed by atoms with van der Waals surface area (Å²) in [4.78, 5) is 24.2. The van der Waals surface area contributed by atoms with Crippen molar-refractivity contribution in [3.8, 4) is 5.75 Å². The minimum Gasteiger partial charge on any atom is -0.497 e. The Kier molecular flexibility index (Phi) is 8.05. The lowest BCUT2D eigenvalue weighted by Crippen LogP contribution is -2.14. The molecule has 0 unspecified atom stereocenters. The summed E-state index contributed by atoms with van der Waals surface area (Å²) >= 11 is 1.14. The molecule has 9 heteroatoms. The van der Waals surface area contributed by atoms with E-state index in [0.29, 0.717) is 35.4 Å². The molecule has 0 aliphatic carbocycles. The Bertz CT molecular complexity index is 1020. The van der Waals surface area contributed by atoms with Crippen LogP contribution in [0.5, 0.6) is 5.75 Å². The van der Waals surface area contributed by atoms with E-state index in [0.717, 1.165) is 29.5 Å². The third kappa shape index (κ3) is 6.85. The van der Waals surface area contributed by atoms with Crippen LogP contribution in [0.15, 0.2) is 58.2 Å². The van der Waals surface area contributed by atoms with Gasteiger partial charge in [0.05, 0.1) is 31.5 Å². The molecule has 0 radical (unpaired) electrons. The summed E-state index contributed by atoms with van der Waals surface area (Å²) < 4.78 is 15.8. The zero-order valence-electron chi connectivity index (χ0n) is 17.3. The molecule has 0 fully saturated rings. The van der Waals surface area contributed by atoms with Gasteiger partial charge in [0.2, 0.25) is 11.8 Å². The molecule has 2 aromatic carbocycles. The number of benzene rings is 2. The van der Waals surface area contributed by atoms with Crippen molar-refractivity contribution in [2.24, 2.45) is 0 Å². The van der Waals surface area contributed by atoms with E-state index in [9.17, 15) is 9.59 Å². The SMILES string of the molecule is CCCOC(=O)c1cccc(NC(=O)CSc2nnc(Cc3ccc(OC)cc3)o2)c1. The molecule has 31 heavy (non-hydrogen) atoms. The number of hydrogen-bond acceptors (Lipinski definition) is 8. The molecule has 0 aliphatic rings. The minimum absolute atomic E-state index is 0.0919. The standard InChI is InChI=1S/C22H23N3O5S/c1-3-11-29-21(27)16-5-4-6-17(13-16)23-19(26)14-31-22-25-24-20(30-22)12-15-7-9-18(28-2)10-8-15/h4-10,13H,3,11-12,14H2,1-2H3,(H,23,26). The van der Waals surface area contributed by atoms with Crippen molar-refractivity contribution >= 4 is 29.3 Å². The molecule has 0 saturated carbocycles. The molecular weight excluding hydrogens is 418 g/mol. The van der Waals surface area contributed by atoms with E-state index in [1.54, 1.807) is 31.4 Å². The van der Waals surface area contributed by atoms with Gasteiger partial charge in [-0.15, -0.1) is 10.2 Å². The van der Waals surface area contributed by atoms with Gasteiger partial charge in [0.25, 0.3) is 5.22 Å². The first-order chi connectivity index (χ1) is 15.1. The number of amides is 1. The van der Waals surface area contributed by atoms with Gasteiger partial charge in [-0.25, -0.2) is 4.79 Å². The van der Waals surface area contributed by atoms with Gasteiger partial charge in [0.15, 0.2) is 0 Å². The maximum absolute atomic E-state index is 12.2. The summed E-state index contributed by atoms with van der Waals surface area (Å²) in [6, 6.07) is 14.2. The number of carbonyl (C=O) groups excluding carboxylic acids is 2. The van der Waals surface area contributed by atoms with Crippen LogP contribution >= 0.6 is 11.8 Å². The highest BCUT2D eigenvalue weighted by atomic mass is 32.2. The van der Waals surface area contributed by atoms with Crippen LogP contribution in [0.2, 0.25) is 0 Å². The van der Waals surface area contributed by atoms with E-state index in [1.165, 1.54) is 0 Å². The predicted molar refractivity (Wildman–Crippen MR) is 116 cm³/mol. The van der Waals surface area contributed by atoms with Crippen molar-refractivity contribution in [3.63, 3.8) is 0 Å². The van der Waals surface area contributed by atoms with Crippen LogP contribution in [-0.2, 0) is 16.0 Å². The molecule has 3 rings (SSSR count). The number of esters is 1. The van der Waals surface area contributed by atoms with Gasteiger partial charge in [0, 0.05) is 5.69 Å². The molecule has 3 aromatic rings. The van der Waals surface area contributed by atoms with E-state index in [4.69, 9.17) is 13.9 Å². The Morgan fingerprint density at radius 1 is 1.13 bits per heavy atom. The smallest absolute Gasteiger partial charge is 0.338 e. The van der Waals surface area contributed by atoms with Gasteiger partial charge in [-0.2, -0.15) is 0 Å². The first kappa shape index (κ1) is 22.4. The number of rotatable bonds is 10. The molecule has 0 saturated heterocycles. The highest BCUT2D eigenvalue weighted by Gasteiger charge is 2.12. The molecule has 0 aliphatic heterocycles. The van der Waals surface area contributed by atoms with Gasteiger partial charge in [0.1, 0.15) is 5.75 Å². The summed E-state index contributed by atoms with van der Waals surface area (Å²) in [7, 11) is 1.62. The van der Waals surface area contributed by atoms with Crippen LogP contribution in [0.1, 0.15) is 35.2 Å². The summed E-state index contributed by atoms with van der Waals surface area (Å²) in [6.07, 6.45) is 1.24. The lowest BCUT2D eigenvalue weighted by Gasteiger charge is -2.07. The Morgan fingerprint density at radius 3 is 2.68 bits per heavy atom. The number of nitrogens with one attached hydrogen (secondary N) is 1. The van der Waals surface area contributed by atoms with Crippen molar-refractivity contribution in [1.82, 2.24) is 10.2 Å². The Hall–Kier alpha value is -3.33. The fourth-order valence-electron chi connectivity index (χ4n) is 2.61. The fourth-order valence-corrected chi connectivity index (χ4v) is 3.19. The van der Waals surface area contributed by atoms with Gasteiger partial charge in [-0.3, -0.25) is 4.79 Å². The van der Waals surface area contributed by atoms with Crippen LogP contribution in [0.4, 0.5) is 5.69 Å². The molecule has 1 heterocycles. The number of anilines is 1. The van der Waals surface area contributed by atoms with E-state index >= 15 is 0 Å². The van der Waals surface area contributed by atoms with Crippen LogP contribution in [0, 0.1) is 0 Å². The highest BCUT2D eigenvalue weighted by molar-refractivity contribution is 7.99. The average Bonchev–Trinajstić information content (AvgIpc) is 3.24. The summed E-state index contributed by atoms with van der Waals surface area (Å²) in [5.74, 6) is 0.669. The second-order valence-electron chi connectivity index (χ2n) is 6.54. The monoisotopic (exact) mass is 441 g/mol. The molecule has 0 atom stereocenters. The molecule has 8 nitrogen and oxygen atoms in total. The van der Waals surface area contributed by atoms with Crippen LogP contribution in [-0.4, -0.2) is 41.5 Å². The van der Waals surface area contributed by atoms with E-state index < -0.39 is 5.97 Å². The van der Waals surface area contributed by atoms with Gasteiger partial charge in [-0.05, 0) is 42.3 Å².